The first kappa shape index (κ1) is 7.92. The van der Waals surface area contributed by atoms with Crippen LogP contribution in [0.1, 0.15) is 20.8 Å². The van der Waals surface area contributed by atoms with E-state index in [0.717, 1.165) is 0 Å². The van der Waals surface area contributed by atoms with Crippen LogP contribution in [0, 0.1) is 5.92 Å². The summed E-state index contributed by atoms with van der Waals surface area (Å²) in [4.78, 5) is 0. The standard InChI is InChI=1S/C6H14O2/c1-4(2)6(8)5(3)7/h4-8H,1-3H3. The Morgan fingerprint density at radius 2 is 1.38 bits per heavy atom. The fourth-order valence-corrected chi connectivity index (χ4v) is 0.557. The zero-order valence-electron chi connectivity index (χ0n) is 5.63. The van der Waals surface area contributed by atoms with Crippen molar-refractivity contribution < 1.29 is 10.2 Å². The molecule has 0 spiro atoms. The summed E-state index contributed by atoms with van der Waals surface area (Å²) in [6, 6.07) is 0. The molecule has 0 bridgehead atoms. The van der Waals surface area contributed by atoms with Gasteiger partial charge in [-0.3, -0.25) is 0 Å². The topological polar surface area (TPSA) is 40.5 Å². The van der Waals surface area contributed by atoms with Gasteiger partial charge in [-0.2, -0.15) is 0 Å². The second-order valence-corrected chi connectivity index (χ2v) is 2.48. The van der Waals surface area contributed by atoms with Gasteiger partial charge in [0.15, 0.2) is 0 Å². The summed E-state index contributed by atoms with van der Waals surface area (Å²) < 4.78 is 0. The minimum Gasteiger partial charge on any atom is -0.391 e. The molecular formula is C6H14O2. The van der Waals surface area contributed by atoms with E-state index in [9.17, 15) is 0 Å². The molecule has 0 saturated carbocycles. The Morgan fingerprint density at radius 1 is 1.00 bits per heavy atom. The number of aliphatic hydroxyl groups excluding tert-OH is 2. The Bertz CT molecular complexity index is 51.5. The first-order chi connectivity index (χ1) is 3.55. The molecule has 2 atom stereocenters. The van der Waals surface area contributed by atoms with Crippen molar-refractivity contribution in [3.05, 3.63) is 0 Å². The average Bonchev–Trinajstić information content (AvgIpc) is 1.64. The van der Waals surface area contributed by atoms with E-state index >= 15 is 0 Å². The molecule has 2 N–H and O–H groups in total. The van der Waals surface area contributed by atoms with Gasteiger partial charge in [0, 0.05) is 0 Å². The summed E-state index contributed by atoms with van der Waals surface area (Å²) >= 11 is 0. The molecule has 2 heteroatoms. The molecule has 8 heavy (non-hydrogen) atoms. The summed E-state index contributed by atoms with van der Waals surface area (Å²) in [5, 5.41) is 17.7. The van der Waals surface area contributed by atoms with Gasteiger partial charge < -0.3 is 10.2 Å². The van der Waals surface area contributed by atoms with Crippen LogP contribution < -0.4 is 0 Å². The monoisotopic (exact) mass is 118 g/mol. The molecule has 2 unspecified atom stereocenters. The molecule has 0 aromatic carbocycles. The number of aliphatic hydroxyl groups is 2. The molecule has 50 valence electrons. The quantitative estimate of drug-likeness (QED) is 0.550. The SMILES string of the molecule is CC(C)C(O)C(C)O. The van der Waals surface area contributed by atoms with Gasteiger partial charge in [-0.25, -0.2) is 0 Å². The highest BCUT2D eigenvalue weighted by molar-refractivity contribution is 4.64. The van der Waals surface area contributed by atoms with E-state index in [-0.39, 0.29) is 5.92 Å². The summed E-state index contributed by atoms with van der Waals surface area (Å²) in [6.07, 6.45) is -1.18. The van der Waals surface area contributed by atoms with Gasteiger partial charge in [-0.05, 0) is 12.8 Å². The average molecular weight is 118 g/mol. The lowest BCUT2D eigenvalue weighted by Gasteiger charge is -2.16. The first-order valence-corrected chi connectivity index (χ1v) is 2.92. The third-order valence-electron chi connectivity index (χ3n) is 1.18. The molecule has 0 radical (unpaired) electrons. The van der Waals surface area contributed by atoms with Crippen LogP contribution in [0.4, 0.5) is 0 Å². The van der Waals surface area contributed by atoms with Gasteiger partial charge in [-0.15, -0.1) is 0 Å². The highest BCUT2D eigenvalue weighted by Gasteiger charge is 2.13. The third-order valence-corrected chi connectivity index (χ3v) is 1.18. The van der Waals surface area contributed by atoms with Gasteiger partial charge in [0.2, 0.25) is 0 Å². The summed E-state index contributed by atoms with van der Waals surface area (Å²) in [6.45, 7) is 5.33. The second-order valence-electron chi connectivity index (χ2n) is 2.48. The summed E-state index contributed by atoms with van der Waals surface area (Å²) in [5.74, 6) is 0.148. The molecule has 0 fully saturated rings. The van der Waals surface area contributed by atoms with Crippen LogP contribution in [0.25, 0.3) is 0 Å². The predicted molar refractivity (Wildman–Crippen MR) is 32.5 cm³/mol. The molecule has 0 aromatic heterocycles. The summed E-state index contributed by atoms with van der Waals surface area (Å²) in [7, 11) is 0. The zero-order chi connectivity index (χ0) is 6.73. The summed E-state index contributed by atoms with van der Waals surface area (Å²) in [5.41, 5.74) is 0. The van der Waals surface area contributed by atoms with Crippen LogP contribution in [0.2, 0.25) is 0 Å². The van der Waals surface area contributed by atoms with Crippen LogP contribution >= 0.6 is 0 Å². The normalized spacial score (nSPS) is 18.8. The van der Waals surface area contributed by atoms with E-state index in [0.29, 0.717) is 0 Å². The van der Waals surface area contributed by atoms with E-state index < -0.39 is 12.2 Å². The number of hydrogen-bond acceptors (Lipinski definition) is 2. The highest BCUT2D eigenvalue weighted by Crippen LogP contribution is 2.04. The fourth-order valence-electron chi connectivity index (χ4n) is 0.557. The van der Waals surface area contributed by atoms with Gasteiger partial charge in [0.25, 0.3) is 0 Å². The van der Waals surface area contributed by atoms with Crippen molar-refractivity contribution in [2.75, 3.05) is 0 Å². The Labute approximate surface area is 50.2 Å². The minimum absolute atomic E-state index is 0.148. The second kappa shape index (κ2) is 3.05. The van der Waals surface area contributed by atoms with Crippen molar-refractivity contribution in [3.63, 3.8) is 0 Å². The van der Waals surface area contributed by atoms with Crippen LogP contribution in [-0.4, -0.2) is 22.4 Å². The van der Waals surface area contributed by atoms with Crippen molar-refractivity contribution in [1.82, 2.24) is 0 Å². The van der Waals surface area contributed by atoms with E-state index in [4.69, 9.17) is 10.2 Å². The molecule has 0 heterocycles. The predicted octanol–water partition coefficient (Wildman–Crippen LogP) is 0.384. The van der Waals surface area contributed by atoms with Gasteiger partial charge in [-0.1, -0.05) is 13.8 Å². The number of hydrogen-bond donors (Lipinski definition) is 2. The Morgan fingerprint density at radius 3 is 1.38 bits per heavy atom. The van der Waals surface area contributed by atoms with Crippen LogP contribution in [0.5, 0.6) is 0 Å². The maximum Gasteiger partial charge on any atom is 0.0819 e. The van der Waals surface area contributed by atoms with Gasteiger partial charge in [0.1, 0.15) is 0 Å². The number of rotatable bonds is 2. The van der Waals surface area contributed by atoms with Crippen molar-refractivity contribution in [3.8, 4) is 0 Å². The van der Waals surface area contributed by atoms with Gasteiger partial charge >= 0.3 is 0 Å². The largest absolute Gasteiger partial charge is 0.391 e. The molecule has 0 rings (SSSR count). The lowest BCUT2D eigenvalue weighted by atomic mass is 10.0. The molecular weight excluding hydrogens is 104 g/mol. The smallest absolute Gasteiger partial charge is 0.0819 e. The molecule has 0 aliphatic carbocycles. The van der Waals surface area contributed by atoms with E-state index in [1.54, 1.807) is 6.92 Å². The van der Waals surface area contributed by atoms with E-state index in [1.165, 1.54) is 0 Å². The van der Waals surface area contributed by atoms with Crippen LogP contribution in [0.15, 0.2) is 0 Å². The van der Waals surface area contributed by atoms with Gasteiger partial charge in [0.05, 0.1) is 12.2 Å². The molecule has 2 nitrogen and oxygen atoms in total. The Hall–Kier alpha value is -0.0800. The fraction of sp³-hybridized carbons (Fsp3) is 1.00. The molecule has 0 aliphatic rings. The molecule has 0 saturated heterocycles. The third kappa shape index (κ3) is 2.28. The van der Waals surface area contributed by atoms with Crippen molar-refractivity contribution in [1.29, 1.82) is 0 Å². The maximum absolute atomic E-state index is 8.95. The molecule has 0 aromatic rings. The highest BCUT2D eigenvalue weighted by atomic mass is 16.3. The maximum atomic E-state index is 8.95. The van der Waals surface area contributed by atoms with Crippen molar-refractivity contribution in [2.24, 2.45) is 5.92 Å². The Balaban J connectivity index is 3.46. The van der Waals surface area contributed by atoms with Crippen molar-refractivity contribution in [2.45, 2.75) is 33.0 Å². The Kier molecular flexibility index (Phi) is 3.02. The minimum atomic E-state index is -0.602. The molecule has 0 amide bonds. The van der Waals surface area contributed by atoms with E-state index in [1.807, 2.05) is 13.8 Å². The van der Waals surface area contributed by atoms with Crippen LogP contribution in [0.3, 0.4) is 0 Å². The van der Waals surface area contributed by atoms with Crippen LogP contribution in [-0.2, 0) is 0 Å². The zero-order valence-corrected chi connectivity index (χ0v) is 5.63. The lowest BCUT2D eigenvalue weighted by molar-refractivity contribution is 0.00273. The van der Waals surface area contributed by atoms with Crippen molar-refractivity contribution >= 4 is 0 Å². The molecule has 0 aliphatic heterocycles. The lowest BCUT2D eigenvalue weighted by Crippen LogP contribution is -2.27. The van der Waals surface area contributed by atoms with E-state index in [2.05, 4.69) is 0 Å². The first-order valence-electron chi connectivity index (χ1n) is 2.92.